The summed E-state index contributed by atoms with van der Waals surface area (Å²) in [5, 5.41) is 2.83. The van der Waals surface area contributed by atoms with Gasteiger partial charge in [-0.2, -0.15) is 13.2 Å². The van der Waals surface area contributed by atoms with E-state index in [1.165, 1.54) is 17.0 Å². The van der Waals surface area contributed by atoms with E-state index in [1.807, 2.05) is 0 Å². The first kappa shape index (κ1) is 14.6. The van der Waals surface area contributed by atoms with Crippen molar-refractivity contribution in [3.63, 3.8) is 0 Å². The zero-order chi connectivity index (χ0) is 15.7. The van der Waals surface area contributed by atoms with Gasteiger partial charge in [0.25, 0.3) is 5.91 Å². The van der Waals surface area contributed by atoms with Crippen LogP contribution < -0.4 is 5.32 Å². The van der Waals surface area contributed by atoms with Gasteiger partial charge >= 0.3 is 6.18 Å². The Balaban J connectivity index is 1.69. The van der Waals surface area contributed by atoms with Crippen molar-refractivity contribution < 1.29 is 18.0 Å². The Morgan fingerprint density at radius 1 is 1.32 bits per heavy atom. The molecule has 1 aliphatic rings. The topological polar surface area (TPSA) is 59.8 Å². The fourth-order valence-electron chi connectivity index (χ4n) is 2.47. The van der Waals surface area contributed by atoms with Crippen LogP contribution in [0.2, 0.25) is 0 Å². The molecule has 1 amide bonds. The number of hydrogen-bond donors (Lipinski definition) is 1. The Morgan fingerprint density at radius 2 is 2.05 bits per heavy atom. The number of carbonyl (C=O) groups is 1. The van der Waals surface area contributed by atoms with Crippen molar-refractivity contribution in [1.82, 2.24) is 19.9 Å². The zero-order valence-electron chi connectivity index (χ0n) is 11.5. The molecule has 1 N–H and O–H groups in total. The Bertz CT molecular complexity index is 681. The normalized spacial score (nSPS) is 17.9. The SMILES string of the molecule is O=C(NC1CCc2nc(C(F)(F)F)cn2C1)c1ccncc1. The average Bonchev–Trinajstić information content (AvgIpc) is 2.91. The van der Waals surface area contributed by atoms with Crippen LogP contribution in [-0.4, -0.2) is 26.5 Å². The standard InChI is InChI=1S/C14H13F3N4O/c15-14(16,17)11-8-21-7-10(1-2-12(21)20-11)19-13(22)9-3-5-18-6-4-9/h3-6,8,10H,1-2,7H2,(H,19,22). The van der Waals surface area contributed by atoms with Crippen molar-refractivity contribution >= 4 is 5.91 Å². The number of aromatic nitrogens is 3. The molecule has 8 heteroatoms. The Hall–Kier alpha value is -2.38. The lowest BCUT2D eigenvalue weighted by Crippen LogP contribution is -2.40. The molecule has 2 aromatic heterocycles. The van der Waals surface area contributed by atoms with Gasteiger partial charge in [-0.1, -0.05) is 0 Å². The third-order valence-electron chi connectivity index (χ3n) is 3.56. The number of pyridine rings is 1. The molecule has 3 heterocycles. The maximum absolute atomic E-state index is 12.7. The summed E-state index contributed by atoms with van der Waals surface area (Å²) in [4.78, 5) is 19.5. The predicted molar refractivity (Wildman–Crippen MR) is 71.0 cm³/mol. The minimum Gasteiger partial charge on any atom is -0.347 e. The number of carbonyl (C=O) groups excluding carboxylic acids is 1. The molecule has 5 nitrogen and oxygen atoms in total. The van der Waals surface area contributed by atoms with Gasteiger partial charge in [0.15, 0.2) is 5.69 Å². The molecule has 0 aliphatic carbocycles. The fourth-order valence-corrected chi connectivity index (χ4v) is 2.47. The Kier molecular flexibility index (Phi) is 3.59. The molecule has 0 saturated carbocycles. The number of hydrogen-bond acceptors (Lipinski definition) is 3. The molecule has 1 atom stereocenters. The lowest BCUT2D eigenvalue weighted by molar-refractivity contribution is -0.141. The second-order valence-electron chi connectivity index (χ2n) is 5.14. The van der Waals surface area contributed by atoms with Gasteiger partial charge in [-0.05, 0) is 18.6 Å². The number of aryl methyl sites for hydroxylation is 1. The van der Waals surface area contributed by atoms with Crippen LogP contribution in [0.4, 0.5) is 13.2 Å². The van der Waals surface area contributed by atoms with Gasteiger partial charge in [0.2, 0.25) is 0 Å². The number of halogens is 3. The Labute approximate surface area is 124 Å². The van der Waals surface area contributed by atoms with E-state index < -0.39 is 11.9 Å². The van der Waals surface area contributed by atoms with Gasteiger partial charge in [0.1, 0.15) is 5.82 Å². The van der Waals surface area contributed by atoms with Gasteiger partial charge in [-0.15, -0.1) is 0 Å². The molecule has 0 aromatic carbocycles. The van der Waals surface area contributed by atoms with Crippen LogP contribution in [0.15, 0.2) is 30.7 Å². The highest BCUT2D eigenvalue weighted by molar-refractivity contribution is 5.94. The highest BCUT2D eigenvalue weighted by Crippen LogP contribution is 2.29. The number of fused-ring (bicyclic) bond motifs is 1. The highest BCUT2D eigenvalue weighted by Gasteiger charge is 2.35. The van der Waals surface area contributed by atoms with E-state index in [0.29, 0.717) is 24.2 Å². The number of amides is 1. The van der Waals surface area contributed by atoms with E-state index >= 15 is 0 Å². The lowest BCUT2D eigenvalue weighted by Gasteiger charge is -2.24. The average molecular weight is 310 g/mol. The second-order valence-corrected chi connectivity index (χ2v) is 5.14. The summed E-state index contributed by atoms with van der Waals surface area (Å²) >= 11 is 0. The molecule has 116 valence electrons. The van der Waals surface area contributed by atoms with Crippen LogP contribution in [0.25, 0.3) is 0 Å². The summed E-state index contributed by atoms with van der Waals surface area (Å²) in [5.74, 6) is 0.147. The predicted octanol–water partition coefficient (Wildman–Crippen LogP) is 2.04. The summed E-state index contributed by atoms with van der Waals surface area (Å²) in [7, 11) is 0. The molecule has 0 spiro atoms. The number of nitrogens with zero attached hydrogens (tertiary/aromatic N) is 3. The minimum atomic E-state index is -4.44. The van der Waals surface area contributed by atoms with Gasteiger partial charge < -0.3 is 9.88 Å². The second kappa shape index (κ2) is 5.43. The molecule has 2 aromatic rings. The van der Waals surface area contributed by atoms with Crippen LogP contribution in [0.3, 0.4) is 0 Å². The van der Waals surface area contributed by atoms with Crippen LogP contribution in [0.1, 0.15) is 28.3 Å². The molecule has 0 bridgehead atoms. The first-order valence-corrected chi connectivity index (χ1v) is 6.77. The van der Waals surface area contributed by atoms with Crippen molar-refractivity contribution in [3.8, 4) is 0 Å². The Morgan fingerprint density at radius 3 is 2.73 bits per heavy atom. The molecule has 22 heavy (non-hydrogen) atoms. The number of imidazole rings is 1. The maximum Gasteiger partial charge on any atom is 0.434 e. The lowest BCUT2D eigenvalue weighted by atomic mass is 10.1. The van der Waals surface area contributed by atoms with Gasteiger partial charge in [-0.3, -0.25) is 9.78 Å². The number of alkyl halides is 3. The molecule has 0 saturated heterocycles. The molecule has 0 fully saturated rings. The molecule has 3 rings (SSSR count). The highest BCUT2D eigenvalue weighted by atomic mass is 19.4. The molecule has 0 radical (unpaired) electrons. The van der Waals surface area contributed by atoms with Crippen molar-refractivity contribution in [3.05, 3.63) is 47.8 Å². The largest absolute Gasteiger partial charge is 0.434 e. The maximum atomic E-state index is 12.7. The summed E-state index contributed by atoms with van der Waals surface area (Å²) in [6.45, 7) is 0.287. The molecule has 1 aliphatic heterocycles. The van der Waals surface area contributed by atoms with E-state index in [4.69, 9.17) is 0 Å². The van der Waals surface area contributed by atoms with Crippen LogP contribution in [-0.2, 0) is 19.1 Å². The summed E-state index contributed by atoms with van der Waals surface area (Å²) in [6, 6.07) is 2.95. The third-order valence-corrected chi connectivity index (χ3v) is 3.56. The third kappa shape index (κ3) is 2.95. The van der Waals surface area contributed by atoms with E-state index in [1.54, 1.807) is 12.1 Å². The van der Waals surface area contributed by atoms with Crippen LogP contribution in [0.5, 0.6) is 0 Å². The summed E-state index contributed by atoms with van der Waals surface area (Å²) in [5.41, 5.74) is -0.411. The smallest absolute Gasteiger partial charge is 0.347 e. The summed E-state index contributed by atoms with van der Waals surface area (Å²) < 4.78 is 39.4. The number of nitrogens with one attached hydrogen (secondary N) is 1. The van der Waals surface area contributed by atoms with E-state index in [-0.39, 0.29) is 18.5 Å². The van der Waals surface area contributed by atoms with Crippen LogP contribution in [0, 0.1) is 0 Å². The van der Waals surface area contributed by atoms with Gasteiger partial charge in [0, 0.05) is 43.2 Å². The molecular formula is C14H13F3N4O. The van der Waals surface area contributed by atoms with Crippen molar-refractivity contribution in [2.45, 2.75) is 31.6 Å². The zero-order valence-corrected chi connectivity index (χ0v) is 11.5. The number of rotatable bonds is 2. The van der Waals surface area contributed by atoms with E-state index in [2.05, 4.69) is 15.3 Å². The van der Waals surface area contributed by atoms with Crippen LogP contribution >= 0.6 is 0 Å². The van der Waals surface area contributed by atoms with Crippen molar-refractivity contribution in [2.24, 2.45) is 0 Å². The quantitative estimate of drug-likeness (QED) is 0.923. The molecular weight excluding hydrogens is 297 g/mol. The van der Waals surface area contributed by atoms with Crippen molar-refractivity contribution in [1.29, 1.82) is 0 Å². The van der Waals surface area contributed by atoms with E-state index in [0.717, 1.165) is 6.20 Å². The first-order chi connectivity index (χ1) is 10.4. The fraction of sp³-hybridized carbons (Fsp3) is 0.357. The van der Waals surface area contributed by atoms with Gasteiger partial charge in [0.05, 0.1) is 0 Å². The molecule has 1 unspecified atom stereocenters. The monoisotopic (exact) mass is 310 g/mol. The van der Waals surface area contributed by atoms with Gasteiger partial charge in [-0.25, -0.2) is 4.98 Å². The van der Waals surface area contributed by atoms with Crippen molar-refractivity contribution in [2.75, 3.05) is 0 Å². The minimum absolute atomic E-state index is 0.219. The van der Waals surface area contributed by atoms with E-state index in [9.17, 15) is 18.0 Å². The first-order valence-electron chi connectivity index (χ1n) is 6.77. The summed E-state index contributed by atoms with van der Waals surface area (Å²) in [6.07, 6.45) is 0.543.